The van der Waals surface area contributed by atoms with Gasteiger partial charge in [-0.1, -0.05) is 85.6 Å². The van der Waals surface area contributed by atoms with Gasteiger partial charge in [-0.2, -0.15) is 0 Å². The van der Waals surface area contributed by atoms with Gasteiger partial charge in [0.2, 0.25) is 21.8 Å². The summed E-state index contributed by atoms with van der Waals surface area (Å²) in [6.07, 6.45) is 3.07. The lowest BCUT2D eigenvalue weighted by molar-refractivity contribution is -0.140. The molecule has 0 aliphatic carbocycles. The topological polar surface area (TPSA) is 86.8 Å². The molecule has 0 bridgehead atoms. The van der Waals surface area contributed by atoms with Crippen LogP contribution in [-0.4, -0.2) is 50.5 Å². The van der Waals surface area contributed by atoms with Gasteiger partial charge in [-0.05, 0) is 54.7 Å². The molecule has 0 unspecified atom stereocenters. The Morgan fingerprint density at radius 3 is 2.27 bits per heavy atom. The van der Waals surface area contributed by atoms with Crippen LogP contribution in [0.3, 0.4) is 0 Å². The van der Waals surface area contributed by atoms with Crippen molar-refractivity contribution in [1.29, 1.82) is 0 Å². The Morgan fingerprint density at radius 1 is 0.950 bits per heavy atom. The van der Waals surface area contributed by atoms with Gasteiger partial charge < -0.3 is 10.2 Å². The van der Waals surface area contributed by atoms with E-state index in [0.29, 0.717) is 22.8 Å². The van der Waals surface area contributed by atoms with E-state index < -0.39 is 28.5 Å². The molecule has 0 saturated heterocycles. The first-order valence-electron chi connectivity index (χ1n) is 13.4. The zero-order valence-corrected chi connectivity index (χ0v) is 25.1. The first kappa shape index (κ1) is 31.2. The molecule has 0 aliphatic heterocycles. The fraction of sp³-hybridized carbons (Fsp3) is 0.355. The van der Waals surface area contributed by atoms with Crippen LogP contribution < -0.4 is 9.62 Å². The number of nitrogens with zero attached hydrogens (tertiary/aromatic N) is 2. The van der Waals surface area contributed by atoms with Crippen molar-refractivity contribution >= 4 is 39.1 Å². The molecule has 3 aromatic rings. The molecule has 3 aromatic carbocycles. The van der Waals surface area contributed by atoms with Crippen molar-refractivity contribution in [2.45, 2.75) is 52.6 Å². The summed E-state index contributed by atoms with van der Waals surface area (Å²) in [5.41, 5.74) is 3.72. The molecule has 0 aliphatic rings. The molecule has 9 heteroatoms. The van der Waals surface area contributed by atoms with Crippen LogP contribution in [0.4, 0.5) is 5.69 Å². The molecule has 1 atom stereocenters. The quantitative estimate of drug-likeness (QED) is 0.277. The zero-order valence-electron chi connectivity index (χ0n) is 23.6. The second-order valence-electron chi connectivity index (χ2n) is 10.00. The van der Waals surface area contributed by atoms with Crippen molar-refractivity contribution in [2.24, 2.45) is 0 Å². The highest BCUT2D eigenvalue weighted by molar-refractivity contribution is 7.92. The molecule has 1 N–H and O–H groups in total. The van der Waals surface area contributed by atoms with Crippen LogP contribution in [0.25, 0.3) is 0 Å². The number of aryl methyl sites for hydroxylation is 2. The summed E-state index contributed by atoms with van der Waals surface area (Å²) in [7, 11) is -3.86. The van der Waals surface area contributed by atoms with E-state index in [1.807, 2.05) is 68.4 Å². The largest absolute Gasteiger partial charge is 0.354 e. The number of sulfonamides is 1. The van der Waals surface area contributed by atoms with Gasteiger partial charge in [-0.25, -0.2) is 8.42 Å². The predicted octanol–water partition coefficient (Wildman–Crippen LogP) is 5.28. The van der Waals surface area contributed by atoms with Gasteiger partial charge in [0, 0.05) is 24.5 Å². The average molecular weight is 584 g/mol. The molecule has 0 spiro atoms. The zero-order chi connectivity index (χ0) is 29.3. The van der Waals surface area contributed by atoms with Crippen molar-refractivity contribution in [1.82, 2.24) is 10.2 Å². The van der Waals surface area contributed by atoms with Crippen molar-refractivity contribution in [3.63, 3.8) is 0 Å². The highest BCUT2D eigenvalue weighted by Crippen LogP contribution is 2.27. The predicted molar refractivity (Wildman–Crippen MR) is 162 cm³/mol. The van der Waals surface area contributed by atoms with E-state index in [-0.39, 0.29) is 18.9 Å². The van der Waals surface area contributed by atoms with E-state index in [1.54, 1.807) is 19.1 Å². The van der Waals surface area contributed by atoms with E-state index in [0.717, 1.165) is 40.1 Å². The maximum absolute atomic E-state index is 14.2. The van der Waals surface area contributed by atoms with E-state index in [1.165, 1.54) is 11.0 Å². The maximum atomic E-state index is 14.2. The van der Waals surface area contributed by atoms with Gasteiger partial charge in [0.15, 0.2) is 0 Å². The van der Waals surface area contributed by atoms with E-state index in [2.05, 4.69) is 5.32 Å². The number of halogens is 1. The number of unbranched alkanes of at least 4 members (excludes halogenated alkanes) is 1. The van der Waals surface area contributed by atoms with Crippen LogP contribution in [0.2, 0.25) is 5.02 Å². The molecule has 0 fully saturated rings. The van der Waals surface area contributed by atoms with E-state index in [9.17, 15) is 18.0 Å². The smallest absolute Gasteiger partial charge is 0.244 e. The molecular formula is C31H38ClN3O4S. The maximum Gasteiger partial charge on any atom is 0.244 e. The van der Waals surface area contributed by atoms with Gasteiger partial charge >= 0.3 is 0 Å². The minimum atomic E-state index is -3.86. The summed E-state index contributed by atoms with van der Waals surface area (Å²) in [6.45, 7) is 5.92. The number of rotatable bonds is 13. The Balaban J connectivity index is 2.07. The molecule has 0 radical (unpaired) electrons. The van der Waals surface area contributed by atoms with Crippen LogP contribution in [0.1, 0.15) is 42.0 Å². The van der Waals surface area contributed by atoms with Gasteiger partial charge in [0.25, 0.3) is 0 Å². The second-order valence-corrected chi connectivity index (χ2v) is 12.3. The second kappa shape index (κ2) is 14.3. The Hall–Kier alpha value is -3.36. The average Bonchev–Trinajstić information content (AvgIpc) is 2.91. The van der Waals surface area contributed by atoms with Crippen LogP contribution >= 0.6 is 11.6 Å². The van der Waals surface area contributed by atoms with E-state index >= 15 is 0 Å². The Kier molecular flexibility index (Phi) is 11.2. The van der Waals surface area contributed by atoms with Crippen LogP contribution in [0.5, 0.6) is 0 Å². The van der Waals surface area contributed by atoms with Crippen LogP contribution in [-0.2, 0) is 32.6 Å². The molecule has 2 amide bonds. The summed E-state index contributed by atoms with van der Waals surface area (Å²) in [6, 6.07) is 21.2. The molecule has 0 heterocycles. The van der Waals surface area contributed by atoms with Crippen LogP contribution in [0.15, 0.2) is 72.8 Å². The summed E-state index contributed by atoms with van der Waals surface area (Å²) in [5.74, 6) is -0.760. The van der Waals surface area contributed by atoms with Crippen LogP contribution in [0, 0.1) is 13.8 Å². The number of hydrogen-bond donors (Lipinski definition) is 1. The van der Waals surface area contributed by atoms with Crippen molar-refractivity contribution < 1.29 is 18.0 Å². The standard InChI is InChI=1S/C31H38ClN3O4S/c1-5-6-18-33-31(37)29(19-25-13-8-7-9-14-25)34(21-26-15-11-10-12-23(26)2)30(36)22-35(40(4,38)39)28-20-27(32)17-16-24(28)3/h7-17,20,29H,5-6,18-19,21-22H2,1-4H3,(H,33,37)/t29-/m1/s1. The number of anilines is 1. The van der Waals surface area contributed by atoms with Gasteiger partial charge in [0.05, 0.1) is 11.9 Å². The highest BCUT2D eigenvalue weighted by atomic mass is 35.5. The number of amides is 2. The third-order valence-electron chi connectivity index (χ3n) is 6.82. The lowest BCUT2D eigenvalue weighted by Crippen LogP contribution is -2.53. The minimum Gasteiger partial charge on any atom is -0.354 e. The molecule has 0 saturated carbocycles. The van der Waals surface area contributed by atoms with Crippen molar-refractivity contribution in [2.75, 3.05) is 23.7 Å². The van der Waals surface area contributed by atoms with Gasteiger partial charge in [-0.15, -0.1) is 0 Å². The summed E-state index contributed by atoms with van der Waals surface area (Å²) < 4.78 is 27.0. The van der Waals surface area contributed by atoms with Crippen molar-refractivity contribution in [3.8, 4) is 0 Å². The minimum absolute atomic E-state index is 0.149. The Morgan fingerprint density at radius 2 is 1.62 bits per heavy atom. The number of carbonyl (C=O) groups is 2. The summed E-state index contributed by atoms with van der Waals surface area (Å²) in [5, 5.41) is 3.35. The summed E-state index contributed by atoms with van der Waals surface area (Å²) in [4.78, 5) is 29.3. The normalized spacial score (nSPS) is 12.0. The molecular weight excluding hydrogens is 546 g/mol. The number of carbonyl (C=O) groups excluding carboxylic acids is 2. The van der Waals surface area contributed by atoms with E-state index in [4.69, 9.17) is 11.6 Å². The van der Waals surface area contributed by atoms with Gasteiger partial charge in [0.1, 0.15) is 12.6 Å². The van der Waals surface area contributed by atoms with Crippen molar-refractivity contribution in [3.05, 3.63) is 100 Å². The molecule has 40 heavy (non-hydrogen) atoms. The summed E-state index contributed by atoms with van der Waals surface area (Å²) >= 11 is 6.21. The van der Waals surface area contributed by atoms with Gasteiger partial charge in [-0.3, -0.25) is 13.9 Å². The number of nitrogens with one attached hydrogen (secondary N) is 1. The molecule has 0 aromatic heterocycles. The third-order valence-corrected chi connectivity index (χ3v) is 8.18. The molecule has 214 valence electrons. The first-order chi connectivity index (χ1) is 19.0. The third kappa shape index (κ3) is 8.57. The SMILES string of the molecule is CCCCNC(=O)[C@@H](Cc1ccccc1)N(Cc1ccccc1C)C(=O)CN(c1cc(Cl)ccc1C)S(C)(=O)=O. The Bertz CT molecular complexity index is 1410. The highest BCUT2D eigenvalue weighted by Gasteiger charge is 2.33. The lowest BCUT2D eigenvalue weighted by Gasteiger charge is -2.34. The first-order valence-corrected chi connectivity index (χ1v) is 15.6. The lowest BCUT2D eigenvalue weighted by atomic mass is 10.0. The fourth-order valence-electron chi connectivity index (χ4n) is 4.48. The molecule has 7 nitrogen and oxygen atoms in total. The number of hydrogen-bond acceptors (Lipinski definition) is 4. The monoisotopic (exact) mass is 583 g/mol. The number of benzene rings is 3. The fourth-order valence-corrected chi connectivity index (χ4v) is 5.54. The molecule has 3 rings (SSSR count). The Labute approximate surface area is 243 Å².